The quantitative estimate of drug-likeness (QED) is 0.597. The molecule has 0 radical (unpaired) electrons. The molecule has 2 amide bonds. The van der Waals surface area contributed by atoms with Crippen LogP contribution in [0.2, 0.25) is 0 Å². The highest BCUT2D eigenvalue weighted by molar-refractivity contribution is 5.92. The minimum Gasteiger partial charge on any atom is -0.387 e. The molecule has 4 saturated carbocycles. The van der Waals surface area contributed by atoms with E-state index in [0.717, 1.165) is 50.2 Å². The molecule has 2 aliphatic heterocycles. The zero-order valence-electron chi connectivity index (χ0n) is 20.9. The summed E-state index contributed by atoms with van der Waals surface area (Å²) in [6.07, 6.45) is 12.7. The largest absolute Gasteiger partial charge is 0.387 e. The highest BCUT2D eigenvalue weighted by Crippen LogP contribution is 2.60. The third-order valence-electron chi connectivity index (χ3n) is 10.3. The van der Waals surface area contributed by atoms with Gasteiger partial charge in [0.15, 0.2) is 0 Å². The highest BCUT2D eigenvalue weighted by Gasteiger charge is 2.51. The summed E-state index contributed by atoms with van der Waals surface area (Å²) in [7, 11) is 0. The molecule has 1 aromatic carbocycles. The molecule has 6 nitrogen and oxygen atoms in total. The number of nitrogens with zero attached hydrogens (tertiary/aromatic N) is 2. The molecular weight excluding hydrogens is 438 g/mol. The molecule has 1 aromatic rings. The van der Waals surface area contributed by atoms with E-state index < -0.39 is 0 Å². The second-order valence-corrected chi connectivity index (χ2v) is 12.7. The number of carbonyl (C=O) groups excluding carboxylic acids is 2. The van der Waals surface area contributed by atoms with Gasteiger partial charge in [-0.1, -0.05) is 12.1 Å². The maximum Gasteiger partial charge on any atom is 0.248 e. The Hall–Kier alpha value is -1.92. The fourth-order valence-electron chi connectivity index (χ4n) is 9.37. The smallest absolute Gasteiger partial charge is 0.248 e. The number of nitrogens with two attached hydrogens (primary N) is 1. The number of carbonyl (C=O) groups is 2. The van der Waals surface area contributed by atoms with E-state index in [4.69, 9.17) is 5.73 Å². The van der Waals surface area contributed by atoms with Gasteiger partial charge in [-0.25, -0.2) is 0 Å². The molecule has 7 rings (SSSR count). The van der Waals surface area contributed by atoms with E-state index >= 15 is 0 Å². The Morgan fingerprint density at radius 1 is 1.00 bits per heavy atom. The van der Waals surface area contributed by atoms with Crippen molar-refractivity contribution in [1.82, 2.24) is 9.80 Å². The van der Waals surface area contributed by atoms with Crippen molar-refractivity contribution in [2.45, 2.75) is 82.2 Å². The zero-order chi connectivity index (χ0) is 24.2. The Kier molecular flexibility index (Phi) is 6.16. The van der Waals surface area contributed by atoms with Gasteiger partial charge < -0.3 is 15.7 Å². The molecule has 6 aliphatic rings. The number of piperidine rings is 1. The average Bonchev–Trinajstić information content (AvgIpc) is 3.06. The van der Waals surface area contributed by atoms with Crippen LogP contribution in [0.3, 0.4) is 0 Å². The molecule has 4 aliphatic carbocycles. The molecule has 6 bridgehead atoms. The van der Waals surface area contributed by atoms with Crippen molar-refractivity contribution < 1.29 is 14.7 Å². The molecule has 2 saturated heterocycles. The minimum absolute atomic E-state index is 0.0914. The van der Waals surface area contributed by atoms with Gasteiger partial charge in [0, 0.05) is 37.3 Å². The van der Waals surface area contributed by atoms with Crippen molar-refractivity contribution in [3.8, 4) is 0 Å². The van der Waals surface area contributed by atoms with E-state index in [1.807, 2.05) is 17.0 Å². The van der Waals surface area contributed by atoms with Crippen LogP contribution >= 0.6 is 0 Å². The van der Waals surface area contributed by atoms with Crippen LogP contribution < -0.4 is 5.73 Å². The van der Waals surface area contributed by atoms with E-state index in [1.54, 1.807) is 6.07 Å². The molecule has 2 heterocycles. The lowest BCUT2D eigenvalue weighted by atomic mass is 9.49. The van der Waals surface area contributed by atoms with Gasteiger partial charge in [-0.15, -0.1) is 0 Å². The Labute approximate surface area is 209 Å². The first-order valence-electron chi connectivity index (χ1n) is 14.0. The summed E-state index contributed by atoms with van der Waals surface area (Å²) in [5, 5.41) is 9.76. The fourth-order valence-corrected chi connectivity index (χ4v) is 9.37. The van der Waals surface area contributed by atoms with Crippen LogP contribution in [0.1, 0.15) is 86.0 Å². The van der Waals surface area contributed by atoms with Crippen LogP contribution in [-0.2, 0) is 4.79 Å². The summed E-state index contributed by atoms with van der Waals surface area (Å²) in [6.45, 7) is 2.11. The summed E-state index contributed by atoms with van der Waals surface area (Å²) in [6, 6.07) is 8.93. The Balaban J connectivity index is 1.10. The van der Waals surface area contributed by atoms with E-state index in [9.17, 15) is 14.7 Å². The normalized spacial score (nSPS) is 37.5. The maximum absolute atomic E-state index is 12.8. The van der Waals surface area contributed by atoms with Crippen molar-refractivity contribution in [3.63, 3.8) is 0 Å². The van der Waals surface area contributed by atoms with E-state index in [1.165, 1.54) is 56.9 Å². The molecule has 0 spiro atoms. The van der Waals surface area contributed by atoms with Gasteiger partial charge in [0.25, 0.3) is 0 Å². The molecule has 0 aromatic heterocycles. The van der Waals surface area contributed by atoms with Crippen LogP contribution in [0.25, 0.3) is 0 Å². The van der Waals surface area contributed by atoms with E-state index in [0.29, 0.717) is 29.0 Å². The molecule has 6 fully saturated rings. The predicted molar refractivity (Wildman–Crippen MR) is 135 cm³/mol. The Morgan fingerprint density at radius 2 is 1.63 bits per heavy atom. The molecule has 35 heavy (non-hydrogen) atoms. The molecular formula is C29H41N3O3. The van der Waals surface area contributed by atoms with Crippen LogP contribution in [0, 0.1) is 23.2 Å². The molecule has 3 N–H and O–H groups in total. The first-order valence-corrected chi connectivity index (χ1v) is 14.0. The van der Waals surface area contributed by atoms with Crippen molar-refractivity contribution >= 4 is 11.8 Å². The van der Waals surface area contributed by atoms with Crippen LogP contribution in [0.5, 0.6) is 0 Å². The highest BCUT2D eigenvalue weighted by atomic mass is 16.3. The first-order chi connectivity index (χ1) is 16.9. The molecule has 3 atom stereocenters. The summed E-state index contributed by atoms with van der Waals surface area (Å²) < 4.78 is 0. The minimum atomic E-state index is -0.377. The zero-order valence-corrected chi connectivity index (χ0v) is 20.9. The average molecular weight is 480 g/mol. The van der Waals surface area contributed by atoms with E-state index in [-0.39, 0.29) is 18.4 Å². The lowest BCUT2D eigenvalue weighted by molar-refractivity contribution is -0.140. The molecule has 6 heteroatoms. The number of primary amides is 1. The number of hydrogen-bond donors (Lipinski definition) is 2. The van der Waals surface area contributed by atoms with Crippen LogP contribution in [-0.4, -0.2) is 65.0 Å². The number of benzene rings is 1. The second-order valence-electron chi connectivity index (χ2n) is 12.7. The lowest BCUT2D eigenvalue weighted by Gasteiger charge is -2.58. The second kappa shape index (κ2) is 9.19. The Morgan fingerprint density at radius 3 is 2.20 bits per heavy atom. The van der Waals surface area contributed by atoms with Crippen molar-refractivity contribution in [1.29, 1.82) is 0 Å². The summed E-state index contributed by atoms with van der Waals surface area (Å²) in [5.41, 5.74) is 7.65. The number of aliphatic hydroxyl groups excluding tert-OH is 1. The van der Waals surface area contributed by atoms with Gasteiger partial charge in [-0.2, -0.15) is 0 Å². The summed E-state index contributed by atoms with van der Waals surface area (Å²) in [5.74, 6) is 2.62. The third-order valence-corrected chi connectivity index (χ3v) is 10.3. The van der Waals surface area contributed by atoms with Gasteiger partial charge in [-0.3, -0.25) is 14.5 Å². The summed E-state index contributed by atoms with van der Waals surface area (Å²) >= 11 is 0. The topological polar surface area (TPSA) is 86.9 Å². The number of fused-ring (bicyclic) bond motifs is 2. The predicted octanol–water partition coefficient (Wildman–Crippen LogP) is 3.53. The number of hydrogen-bond acceptors (Lipinski definition) is 4. The SMILES string of the molecule is NC(=O)c1cccc(C2C[C@H]3CC[C@@H](C2)N3CCN(CC23CC4CC(CC(C4)C2)C3)C(=O)CO)c1. The van der Waals surface area contributed by atoms with Crippen LogP contribution in [0.4, 0.5) is 0 Å². The molecule has 190 valence electrons. The van der Waals surface area contributed by atoms with E-state index in [2.05, 4.69) is 11.0 Å². The number of aliphatic hydroxyl groups is 1. The molecule has 1 unspecified atom stereocenters. The van der Waals surface area contributed by atoms with Gasteiger partial charge >= 0.3 is 0 Å². The van der Waals surface area contributed by atoms with Gasteiger partial charge in [0.2, 0.25) is 11.8 Å². The standard InChI is InChI=1S/C29H41N3O3/c30-28(35)23-3-1-2-22(11-23)24-12-25-4-5-26(13-24)32(25)7-6-31(27(34)17-33)18-29-14-19-8-20(15-29)10-21(9-19)16-29/h1-3,11,19-21,24-26,33H,4-10,12-18H2,(H2,30,35)/t19?,20?,21?,24?,25-,26+,29?. The monoisotopic (exact) mass is 479 g/mol. The van der Waals surface area contributed by atoms with Gasteiger partial charge in [0.1, 0.15) is 6.61 Å². The Bertz CT molecular complexity index is 928. The fraction of sp³-hybridized carbons (Fsp3) is 0.724. The van der Waals surface area contributed by atoms with Gasteiger partial charge in [-0.05, 0) is 111 Å². The number of amides is 2. The number of rotatable bonds is 8. The lowest BCUT2D eigenvalue weighted by Crippen LogP contribution is -2.54. The maximum atomic E-state index is 12.8. The third kappa shape index (κ3) is 4.53. The van der Waals surface area contributed by atoms with Crippen molar-refractivity contribution in [2.75, 3.05) is 26.2 Å². The first kappa shape index (κ1) is 23.5. The summed E-state index contributed by atoms with van der Waals surface area (Å²) in [4.78, 5) is 29.1. The van der Waals surface area contributed by atoms with Crippen molar-refractivity contribution in [3.05, 3.63) is 35.4 Å². The van der Waals surface area contributed by atoms with Crippen LogP contribution in [0.15, 0.2) is 24.3 Å². The van der Waals surface area contributed by atoms with Crippen molar-refractivity contribution in [2.24, 2.45) is 28.9 Å². The van der Waals surface area contributed by atoms with Gasteiger partial charge in [0.05, 0.1) is 0 Å².